The predicted molar refractivity (Wildman–Crippen MR) is 64.6 cm³/mol. The van der Waals surface area contributed by atoms with Crippen molar-refractivity contribution in [2.45, 2.75) is 38.2 Å². The zero-order chi connectivity index (χ0) is 9.36. The smallest absolute Gasteiger partial charge is 0.0700 e. The molecular formula is C10H20INO. The lowest BCUT2D eigenvalue weighted by Crippen LogP contribution is -2.26. The molecule has 1 saturated heterocycles. The maximum atomic E-state index is 5.52. The van der Waals surface area contributed by atoms with Gasteiger partial charge in [-0.3, -0.25) is 0 Å². The van der Waals surface area contributed by atoms with Crippen molar-refractivity contribution in [2.75, 3.05) is 24.1 Å². The van der Waals surface area contributed by atoms with Crippen LogP contribution in [0.25, 0.3) is 0 Å². The molecule has 0 aliphatic carbocycles. The number of hydrogen-bond acceptors (Lipinski definition) is 2. The van der Waals surface area contributed by atoms with E-state index in [1.54, 1.807) is 0 Å². The van der Waals surface area contributed by atoms with E-state index in [4.69, 9.17) is 4.74 Å². The van der Waals surface area contributed by atoms with Gasteiger partial charge < -0.3 is 10.1 Å². The molecule has 1 atom stereocenters. The Labute approximate surface area is 94.9 Å². The molecule has 0 aromatic heterocycles. The SMILES string of the molecule is ICCCCCNCC1CCCO1. The van der Waals surface area contributed by atoms with Crippen molar-refractivity contribution in [1.82, 2.24) is 5.32 Å². The lowest BCUT2D eigenvalue weighted by Gasteiger charge is -2.10. The Morgan fingerprint density at radius 1 is 1.31 bits per heavy atom. The number of alkyl halides is 1. The normalized spacial score (nSPS) is 22.4. The topological polar surface area (TPSA) is 21.3 Å². The van der Waals surface area contributed by atoms with Gasteiger partial charge >= 0.3 is 0 Å². The van der Waals surface area contributed by atoms with E-state index in [0.717, 1.165) is 19.7 Å². The van der Waals surface area contributed by atoms with Gasteiger partial charge in [-0.05, 0) is 36.7 Å². The van der Waals surface area contributed by atoms with Crippen molar-refractivity contribution in [3.05, 3.63) is 0 Å². The van der Waals surface area contributed by atoms with E-state index >= 15 is 0 Å². The van der Waals surface area contributed by atoms with Gasteiger partial charge in [-0.15, -0.1) is 0 Å². The summed E-state index contributed by atoms with van der Waals surface area (Å²) >= 11 is 2.44. The predicted octanol–water partition coefficient (Wildman–Crippen LogP) is 2.36. The summed E-state index contributed by atoms with van der Waals surface area (Å²) in [4.78, 5) is 0. The maximum Gasteiger partial charge on any atom is 0.0700 e. The Hall–Kier alpha value is 0.650. The Morgan fingerprint density at radius 3 is 2.92 bits per heavy atom. The largest absolute Gasteiger partial charge is 0.377 e. The van der Waals surface area contributed by atoms with Crippen molar-refractivity contribution < 1.29 is 4.74 Å². The van der Waals surface area contributed by atoms with Crippen LogP contribution in [-0.4, -0.2) is 30.2 Å². The Bertz CT molecular complexity index is 115. The fraction of sp³-hybridized carbons (Fsp3) is 1.00. The van der Waals surface area contributed by atoms with Gasteiger partial charge in [-0.25, -0.2) is 0 Å². The lowest BCUT2D eigenvalue weighted by atomic mass is 10.2. The Kier molecular flexibility index (Phi) is 7.21. The zero-order valence-corrected chi connectivity index (χ0v) is 10.4. The monoisotopic (exact) mass is 297 g/mol. The second kappa shape index (κ2) is 8.00. The quantitative estimate of drug-likeness (QED) is 0.442. The van der Waals surface area contributed by atoms with Crippen LogP contribution in [0.1, 0.15) is 32.1 Å². The van der Waals surface area contributed by atoms with Crippen LogP contribution in [0.15, 0.2) is 0 Å². The number of ether oxygens (including phenoxy) is 1. The van der Waals surface area contributed by atoms with Crippen molar-refractivity contribution in [2.24, 2.45) is 0 Å². The number of unbranched alkanes of at least 4 members (excludes halogenated alkanes) is 2. The highest BCUT2D eigenvalue weighted by molar-refractivity contribution is 14.1. The average Bonchev–Trinajstić information content (AvgIpc) is 2.63. The fourth-order valence-corrected chi connectivity index (χ4v) is 2.13. The Balaban J connectivity index is 1.78. The highest BCUT2D eigenvalue weighted by Gasteiger charge is 2.13. The number of halogens is 1. The zero-order valence-electron chi connectivity index (χ0n) is 8.23. The van der Waals surface area contributed by atoms with Crippen LogP contribution in [0, 0.1) is 0 Å². The highest BCUT2D eigenvalue weighted by atomic mass is 127. The van der Waals surface area contributed by atoms with Gasteiger partial charge in [0.05, 0.1) is 6.10 Å². The molecule has 13 heavy (non-hydrogen) atoms. The summed E-state index contributed by atoms with van der Waals surface area (Å²) in [7, 11) is 0. The van der Waals surface area contributed by atoms with Crippen LogP contribution in [-0.2, 0) is 4.74 Å². The third-order valence-electron chi connectivity index (χ3n) is 2.38. The van der Waals surface area contributed by atoms with Gasteiger partial charge in [0.15, 0.2) is 0 Å². The van der Waals surface area contributed by atoms with Crippen LogP contribution in [0.2, 0.25) is 0 Å². The molecule has 1 rings (SSSR count). The molecule has 1 aliphatic rings. The molecule has 1 unspecified atom stereocenters. The molecule has 2 nitrogen and oxygen atoms in total. The van der Waals surface area contributed by atoms with Crippen LogP contribution >= 0.6 is 22.6 Å². The second-order valence-corrected chi connectivity index (χ2v) is 4.67. The maximum absolute atomic E-state index is 5.52. The lowest BCUT2D eigenvalue weighted by molar-refractivity contribution is 0.110. The number of nitrogens with one attached hydrogen (secondary N) is 1. The molecule has 0 aromatic rings. The van der Waals surface area contributed by atoms with E-state index in [0.29, 0.717) is 6.10 Å². The summed E-state index contributed by atoms with van der Waals surface area (Å²) in [5.41, 5.74) is 0. The van der Waals surface area contributed by atoms with Crippen LogP contribution < -0.4 is 5.32 Å². The first-order chi connectivity index (χ1) is 6.43. The average molecular weight is 297 g/mol. The van der Waals surface area contributed by atoms with Crippen LogP contribution in [0.4, 0.5) is 0 Å². The fourth-order valence-electron chi connectivity index (χ4n) is 1.59. The molecular weight excluding hydrogens is 277 g/mol. The molecule has 0 amide bonds. The van der Waals surface area contributed by atoms with E-state index in [1.165, 1.54) is 36.5 Å². The number of hydrogen-bond donors (Lipinski definition) is 1. The van der Waals surface area contributed by atoms with Crippen LogP contribution in [0.3, 0.4) is 0 Å². The minimum Gasteiger partial charge on any atom is -0.377 e. The summed E-state index contributed by atoms with van der Waals surface area (Å²) in [6.07, 6.45) is 7.05. The molecule has 0 spiro atoms. The van der Waals surface area contributed by atoms with Crippen molar-refractivity contribution >= 4 is 22.6 Å². The highest BCUT2D eigenvalue weighted by Crippen LogP contribution is 2.10. The second-order valence-electron chi connectivity index (χ2n) is 3.59. The molecule has 3 heteroatoms. The molecule has 0 bridgehead atoms. The first kappa shape index (κ1) is 11.7. The molecule has 1 aliphatic heterocycles. The molecule has 78 valence electrons. The van der Waals surface area contributed by atoms with Crippen molar-refractivity contribution in [3.63, 3.8) is 0 Å². The van der Waals surface area contributed by atoms with E-state index in [9.17, 15) is 0 Å². The summed E-state index contributed by atoms with van der Waals surface area (Å²) in [5.74, 6) is 0. The van der Waals surface area contributed by atoms with E-state index < -0.39 is 0 Å². The Morgan fingerprint density at radius 2 is 2.23 bits per heavy atom. The van der Waals surface area contributed by atoms with E-state index in [2.05, 4.69) is 27.9 Å². The van der Waals surface area contributed by atoms with Gasteiger partial charge in [0, 0.05) is 13.2 Å². The van der Waals surface area contributed by atoms with E-state index in [1.807, 2.05) is 0 Å². The molecule has 1 fully saturated rings. The van der Waals surface area contributed by atoms with Gasteiger partial charge in [-0.1, -0.05) is 29.0 Å². The van der Waals surface area contributed by atoms with Gasteiger partial charge in [0.2, 0.25) is 0 Å². The summed E-state index contributed by atoms with van der Waals surface area (Å²) in [6.45, 7) is 3.20. The molecule has 0 saturated carbocycles. The number of rotatable bonds is 7. The third-order valence-corrected chi connectivity index (χ3v) is 3.15. The van der Waals surface area contributed by atoms with E-state index in [-0.39, 0.29) is 0 Å². The molecule has 1 N–H and O–H groups in total. The van der Waals surface area contributed by atoms with Crippen LogP contribution in [0.5, 0.6) is 0 Å². The minimum atomic E-state index is 0.504. The molecule has 1 heterocycles. The van der Waals surface area contributed by atoms with Crippen molar-refractivity contribution in [3.8, 4) is 0 Å². The first-order valence-corrected chi connectivity index (χ1v) is 6.84. The molecule has 0 aromatic carbocycles. The summed E-state index contributed by atoms with van der Waals surface area (Å²) in [6, 6.07) is 0. The van der Waals surface area contributed by atoms with Gasteiger partial charge in [-0.2, -0.15) is 0 Å². The van der Waals surface area contributed by atoms with Crippen molar-refractivity contribution in [1.29, 1.82) is 0 Å². The molecule has 0 radical (unpaired) electrons. The summed E-state index contributed by atoms with van der Waals surface area (Å²) < 4.78 is 6.81. The van der Waals surface area contributed by atoms with Gasteiger partial charge in [0.1, 0.15) is 0 Å². The minimum absolute atomic E-state index is 0.504. The third kappa shape index (κ3) is 5.86. The summed E-state index contributed by atoms with van der Waals surface area (Å²) in [5, 5.41) is 3.46. The first-order valence-electron chi connectivity index (χ1n) is 5.32. The standard InChI is InChI=1S/C10H20INO/c11-6-2-1-3-7-12-9-10-5-4-8-13-10/h10,12H,1-9H2. The van der Waals surface area contributed by atoms with Gasteiger partial charge in [0.25, 0.3) is 0 Å².